The smallest absolute Gasteiger partial charge is 0.266 e. The summed E-state index contributed by atoms with van der Waals surface area (Å²) in [5, 5.41) is 11.3. The number of aromatic nitrogens is 2. The average Bonchev–Trinajstić information content (AvgIpc) is 2.56. The van der Waals surface area contributed by atoms with Crippen molar-refractivity contribution in [2.45, 2.75) is 31.2 Å². The molecule has 0 saturated heterocycles. The van der Waals surface area contributed by atoms with Gasteiger partial charge in [0.15, 0.2) is 5.82 Å². The number of anilines is 2. The van der Waals surface area contributed by atoms with Gasteiger partial charge in [-0.25, -0.2) is 8.42 Å². The summed E-state index contributed by atoms with van der Waals surface area (Å²) in [6.07, 6.45) is 0.935. The van der Waals surface area contributed by atoms with Crippen LogP contribution in [0, 0.1) is 0 Å². The molecule has 2 rings (SSSR count). The standard InChI is InChI=1S/C15H19ClN4O3S/c1-4-10(2)17-14-7-8-15(19-18-14)20-24(21,22)13-9-11(16)5-6-12(13)23-3/h5-10H,4H2,1-3H3,(H,17,18)(H,19,20). The van der Waals surface area contributed by atoms with Crippen LogP contribution in [-0.4, -0.2) is 31.8 Å². The van der Waals surface area contributed by atoms with Crippen LogP contribution in [0.2, 0.25) is 5.02 Å². The van der Waals surface area contributed by atoms with E-state index in [1.54, 1.807) is 12.1 Å². The van der Waals surface area contributed by atoms with Crippen molar-refractivity contribution in [1.29, 1.82) is 0 Å². The predicted octanol–water partition coefficient (Wildman–Crippen LogP) is 3.15. The molecular formula is C15H19ClN4O3S. The number of sulfonamides is 1. The van der Waals surface area contributed by atoms with Crippen LogP contribution < -0.4 is 14.8 Å². The number of hydrogen-bond acceptors (Lipinski definition) is 6. The molecule has 0 saturated carbocycles. The highest BCUT2D eigenvalue weighted by Crippen LogP contribution is 2.28. The summed E-state index contributed by atoms with van der Waals surface area (Å²) in [7, 11) is -2.52. The zero-order chi connectivity index (χ0) is 17.7. The lowest BCUT2D eigenvalue weighted by Crippen LogP contribution is -2.17. The number of benzene rings is 1. The number of nitrogens with zero attached hydrogens (tertiary/aromatic N) is 2. The Morgan fingerprint density at radius 3 is 2.46 bits per heavy atom. The molecule has 2 N–H and O–H groups in total. The van der Waals surface area contributed by atoms with Gasteiger partial charge in [0.25, 0.3) is 10.0 Å². The Bertz CT molecular complexity index is 797. The molecule has 0 aliphatic heterocycles. The van der Waals surface area contributed by atoms with Gasteiger partial charge >= 0.3 is 0 Å². The maximum atomic E-state index is 12.5. The second kappa shape index (κ2) is 7.67. The van der Waals surface area contributed by atoms with Gasteiger partial charge < -0.3 is 10.1 Å². The van der Waals surface area contributed by atoms with Crippen LogP contribution in [0.5, 0.6) is 5.75 Å². The lowest BCUT2D eigenvalue weighted by Gasteiger charge is -2.13. The second-order valence-corrected chi connectivity index (χ2v) is 7.25. The van der Waals surface area contributed by atoms with Crippen molar-refractivity contribution in [2.24, 2.45) is 0 Å². The molecule has 130 valence electrons. The van der Waals surface area contributed by atoms with Crippen LogP contribution in [0.25, 0.3) is 0 Å². The van der Waals surface area contributed by atoms with E-state index >= 15 is 0 Å². The Hall–Kier alpha value is -2.06. The molecule has 1 aromatic carbocycles. The summed E-state index contributed by atoms with van der Waals surface area (Å²) < 4.78 is 32.5. The van der Waals surface area contributed by atoms with Crippen LogP contribution in [0.15, 0.2) is 35.2 Å². The summed E-state index contributed by atoms with van der Waals surface area (Å²) in [6, 6.07) is 7.79. The maximum Gasteiger partial charge on any atom is 0.266 e. The third kappa shape index (κ3) is 4.48. The minimum atomic E-state index is -3.90. The summed E-state index contributed by atoms with van der Waals surface area (Å²) in [5.74, 6) is 0.870. The average molecular weight is 371 g/mol. The van der Waals surface area contributed by atoms with E-state index in [1.807, 2.05) is 13.8 Å². The minimum Gasteiger partial charge on any atom is -0.495 e. The van der Waals surface area contributed by atoms with E-state index in [4.69, 9.17) is 16.3 Å². The highest BCUT2D eigenvalue weighted by molar-refractivity contribution is 7.92. The van der Waals surface area contributed by atoms with Crippen molar-refractivity contribution in [3.8, 4) is 5.75 Å². The molecule has 1 heterocycles. The van der Waals surface area contributed by atoms with Crippen molar-refractivity contribution in [3.63, 3.8) is 0 Å². The van der Waals surface area contributed by atoms with E-state index in [-0.39, 0.29) is 27.5 Å². The van der Waals surface area contributed by atoms with Crippen molar-refractivity contribution < 1.29 is 13.2 Å². The number of nitrogens with one attached hydrogen (secondary N) is 2. The fourth-order valence-electron chi connectivity index (χ4n) is 1.87. The molecule has 1 unspecified atom stereocenters. The highest BCUT2D eigenvalue weighted by Gasteiger charge is 2.21. The van der Waals surface area contributed by atoms with Crippen molar-refractivity contribution in [3.05, 3.63) is 35.4 Å². The van der Waals surface area contributed by atoms with Gasteiger partial charge in [0, 0.05) is 11.1 Å². The van der Waals surface area contributed by atoms with Crippen LogP contribution in [0.3, 0.4) is 0 Å². The number of rotatable bonds is 7. The Morgan fingerprint density at radius 2 is 1.88 bits per heavy atom. The summed E-state index contributed by atoms with van der Waals surface area (Å²) >= 11 is 5.88. The molecule has 0 aliphatic carbocycles. The quantitative estimate of drug-likeness (QED) is 0.777. The first-order valence-electron chi connectivity index (χ1n) is 7.32. The van der Waals surface area contributed by atoms with Gasteiger partial charge in [-0.1, -0.05) is 18.5 Å². The monoisotopic (exact) mass is 370 g/mol. The Balaban J connectivity index is 2.22. The normalized spacial score (nSPS) is 12.5. The van der Waals surface area contributed by atoms with Gasteiger partial charge in [-0.2, -0.15) is 0 Å². The number of methoxy groups -OCH3 is 1. The first-order valence-corrected chi connectivity index (χ1v) is 9.18. The highest BCUT2D eigenvalue weighted by atomic mass is 35.5. The first kappa shape index (κ1) is 18.3. The molecule has 1 atom stereocenters. The number of hydrogen-bond donors (Lipinski definition) is 2. The molecule has 9 heteroatoms. The lowest BCUT2D eigenvalue weighted by molar-refractivity contribution is 0.403. The van der Waals surface area contributed by atoms with Crippen molar-refractivity contribution in [2.75, 3.05) is 17.1 Å². The van der Waals surface area contributed by atoms with Crippen LogP contribution in [0.4, 0.5) is 11.6 Å². The van der Waals surface area contributed by atoms with Crippen molar-refractivity contribution in [1.82, 2.24) is 10.2 Å². The van der Waals surface area contributed by atoms with E-state index < -0.39 is 10.0 Å². The molecule has 24 heavy (non-hydrogen) atoms. The Labute approximate surface area is 146 Å². The third-order valence-corrected chi connectivity index (χ3v) is 4.94. The van der Waals surface area contributed by atoms with E-state index in [0.29, 0.717) is 5.82 Å². The predicted molar refractivity (Wildman–Crippen MR) is 94.2 cm³/mol. The molecule has 2 aromatic rings. The topological polar surface area (TPSA) is 93.2 Å². The molecule has 0 bridgehead atoms. The summed E-state index contributed by atoms with van der Waals surface area (Å²) in [5.41, 5.74) is 0. The molecule has 0 radical (unpaired) electrons. The maximum absolute atomic E-state index is 12.5. The summed E-state index contributed by atoms with van der Waals surface area (Å²) in [4.78, 5) is -0.0684. The zero-order valence-electron chi connectivity index (χ0n) is 13.6. The Kier molecular flexibility index (Phi) is 5.84. The molecule has 0 amide bonds. The van der Waals surface area contributed by atoms with Crippen LogP contribution in [0.1, 0.15) is 20.3 Å². The molecule has 0 aliphatic rings. The minimum absolute atomic E-state index is 0.0684. The Morgan fingerprint density at radius 1 is 1.21 bits per heavy atom. The van der Waals surface area contributed by atoms with Crippen LogP contribution >= 0.6 is 11.6 Å². The first-order chi connectivity index (χ1) is 11.4. The van der Waals surface area contributed by atoms with E-state index in [9.17, 15) is 8.42 Å². The largest absolute Gasteiger partial charge is 0.495 e. The lowest BCUT2D eigenvalue weighted by atomic mass is 10.2. The number of halogens is 1. The molecular weight excluding hydrogens is 352 g/mol. The van der Waals surface area contributed by atoms with Gasteiger partial charge in [0.05, 0.1) is 7.11 Å². The molecule has 0 spiro atoms. The second-order valence-electron chi connectivity index (χ2n) is 5.16. The third-order valence-electron chi connectivity index (χ3n) is 3.33. The van der Waals surface area contributed by atoms with E-state index in [2.05, 4.69) is 20.2 Å². The van der Waals surface area contributed by atoms with Crippen LogP contribution in [-0.2, 0) is 10.0 Å². The van der Waals surface area contributed by atoms with Gasteiger partial charge in [-0.3, -0.25) is 4.72 Å². The fraction of sp³-hybridized carbons (Fsp3) is 0.333. The van der Waals surface area contributed by atoms with E-state index in [0.717, 1.165) is 6.42 Å². The van der Waals surface area contributed by atoms with Gasteiger partial charge in [0.1, 0.15) is 16.5 Å². The van der Waals surface area contributed by atoms with Gasteiger partial charge in [-0.15, -0.1) is 10.2 Å². The SMILES string of the molecule is CCC(C)Nc1ccc(NS(=O)(=O)c2cc(Cl)ccc2OC)nn1. The van der Waals surface area contributed by atoms with Crippen molar-refractivity contribution >= 4 is 33.3 Å². The zero-order valence-corrected chi connectivity index (χ0v) is 15.1. The van der Waals surface area contributed by atoms with E-state index in [1.165, 1.54) is 25.3 Å². The fourth-order valence-corrected chi connectivity index (χ4v) is 3.30. The molecule has 0 fully saturated rings. The van der Waals surface area contributed by atoms with Gasteiger partial charge in [0.2, 0.25) is 0 Å². The summed E-state index contributed by atoms with van der Waals surface area (Å²) in [6.45, 7) is 4.07. The molecule has 7 nitrogen and oxygen atoms in total. The van der Waals surface area contributed by atoms with Gasteiger partial charge in [-0.05, 0) is 43.7 Å². The molecule has 1 aromatic heterocycles. The number of ether oxygens (including phenoxy) is 1.